The molecule has 0 aliphatic rings. The number of amides is 1. The number of hydrogen-bond donors (Lipinski definition) is 1. The first-order valence-electron chi connectivity index (χ1n) is 7.68. The highest BCUT2D eigenvalue weighted by Gasteiger charge is 2.12. The number of hydrogen-bond acceptors (Lipinski definition) is 8. The quantitative estimate of drug-likeness (QED) is 0.535. The lowest BCUT2D eigenvalue weighted by atomic mass is 10.2. The monoisotopic (exact) mass is 367 g/mol. The highest BCUT2D eigenvalue weighted by Crippen LogP contribution is 2.20. The fourth-order valence-corrected chi connectivity index (χ4v) is 2.95. The van der Waals surface area contributed by atoms with Gasteiger partial charge in [0.15, 0.2) is 11.5 Å². The largest absolute Gasteiger partial charge is 0.360 e. The van der Waals surface area contributed by atoms with Gasteiger partial charge in [-0.25, -0.2) is 0 Å². The van der Waals surface area contributed by atoms with E-state index in [1.54, 1.807) is 29.9 Å². The van der Waals surface area contributed by atoms with Crippen molar-refractivity contribution >= 4 is 29.1 Å². The van der Waals surface area contributed by atoms with Gasteiger partial charge >= 0.3 is 0 Å². The van der Waals surface area contributed by atoms with E-state index in [1.807, 2.05) is 24.3 Å². The van der Waals surface area contributed by atoms with Crippen LogP contribution in [0.15, 0.2) is 52.4 Å². The van der Waals surface area contributed by atoms with E-state index in [2.05, 4.69) is 30.8 Å². The second-order valence-electron chi connectivity index (χ2n) is 5.37. The van der Waals surface area contributed by atoms with E-state index in [-0.39, 0.29) is 11.7 Å². The highest BCUT2D eigenvalue weighted by atomic mass is 32.2. The summed E-state index contributed by atoms with van der Waals surface area (Å²) in [7, 11) is 0. The number of carbonyl (C=O) groups excluding carboxylic acids is 1. The van der Waals surface area contributed by atoms with Crippen molar-refractivity contribution in [2.75, 3.05) is 11.1 Å². The van der Waals surface area contributed by atoms with Crippen LogP contribution in [-0.2, 0) is 4.79 Å². The van der Waals surface area contributed by atoms with Crippen molar-refractivity contribution in [3.63, 3.8) is 0 Å². The van der Waals surface area contributed by atoms with Gasteiger partial charge < -0.3 is 9.84 Å². The van der Waals surface area contributed by atoms with Gasteiger partial charge in [0, 0.05) is 24.0 Å². The Morgan fingerprint density at radius 2 is 2.23 bits per heavy atom. The first-order chi connectivity index (χ1) is 12.7. The molecule has 130 valence electrons. The Bertz CT molecular complexity index is 1060. The maximum atomic E-state index is 12.0. The number of nitrogens with one attached hydrogen (secondary N) is 1. The first-order valence-corrected chi connectivity index (χ1v) is 8.66. The average Bonchev–Trinajstić information content (AvgIpc) is 3.26. The van der Waals surface area contributed by atoms with Crippen molar-refractivity contribution in [1.29, 1.82) is 0 Å². The molecular formula is C16H13N7O2S. The van der Waals surface area contributed by atoms with Crippen molar-refractivity contribution in [2.24, 2.45) is 0 Å². The summed E-state index contributed by atoms with van der Waals surface area (Å²) in [6, 6.07) is 9.10. The van der Waals surface area contributed by atoms with Crippen LogP contribution in [0.2, 0.25) is 0 Å². The number of aryl methyl sites for hydroxylation is 1. The van der Waals surface area contributed by atoms with Crippen LogP contribution in [0, 0.1) is 6.92 Å². The Balaban J connectivity index is 1.50. The summed E-state index contributed by atoms with van der Waals surface area (Å²) in [6.45, 7) is 1.76. The average molecular weight is 367 g/mol. The van der Waals surface area contributed by atoms with Crippen LogP contribution in [0.1, 0.15) is 5.76 Å². The van der Waals surface area contributed by atoms with E-state index in [9.17, 15) is 4.79 Å². The Kier molecular flexibility index (Phi) is 4.32. The summed E-state index contributed by atoms with van der Waals surface area (Å²) >= 11 is 1.24. The molecule has 4 heterocycles. The molecule has 0 bridgehead atoms. The van der Waals surface area contributed by atoms with Crippen LogP contribution >= 0.6 is 11.8 Å². The van der Waals surface area contributed by atoms with Crippen molar-refractivity contribution in [3.05, 3.63) is 48.5 Å². The van der Waals surface area contributed by atoms with E-state index in [0.29, 0.717) is 22.4 Å². The lowest BCUT2D eigenvalue weighted by molar-refractivity contribution is -0.113. The fraction of sp³-hybridized carbons (Fsp3) is 0.125. The van der Waals surface area contributed by atoms with Gasteiger partial charge in [0.25, 0.3) is 0 Å². The number of fused-ring (bicyclic) bond motifs is 1. The predicted molar refractivity (Wildman–Crippen MR) is 94.6 cm³/mol. The van der Waals surface area contributed by atoms with Crippen LogP contribution in [0.5, 0.6) is 0 Å². The lowest BCUT2D eigenvalue weighted by Gasteiger charge is -2.03. The molecule has 26 heavy (non-hydrogen) atoms. The van der Waals surface area contributed by atoms with E-state index in [4.69, 9.17) is 4.52 Å². The molecule has 0 fully saturated rings. The number of aromatic nitrogens is 6. The topological polar surface area (TPSA) is 111 Å². The third-order valence-corrected chi connectivity index (χ3v) is 4.34. The molecule has 4 aromatic heterocycles. The third-order valence-electron chi connectivity index (χ3n) is 3.42. The number of anilines is 1. The zero-order valence-corrected chi connectivity index (χ0v) is 14.5. The predicted octanol–water partition coefficient (Wildman–Crippen LogP) is 2.21. The van der Waals surface area contributed by atoms with Crippen LogP contribution in [0.25, 0.3) is 16.9 Å². The van der Waals surface area contributed by atoms with E-state index < -0.39 is 0 Å². The molecule has 0 aliphatic heterocycles. The molecule has 0 aromatic carbocycles. The molecule has 0 radical (unpaired) electrons. The molecule has 9 nitrogen and oxygen atoms in total. The summed E-state index contributed by atoms with van der Waals surface area (Å²) in [4.78, 5) is 16.1. The van der Waals surface area contributed by atoms with Gasteiger partial charge in [-0.05, 0) is 31.2 Å². The minimum Gasteiger partial charge on any atom is -0.360 e. The van der Waals surface area contributed by atoms with Crippen LogP contribution in [0.4, 0.5) is 5.82 Å². The lowest BCUT2D eigenvalue weighted by Crippen LogP contribution is -2.14. The minimum atomic E-state index is -0.219. The first kappa shape index (κ1) is 16.2. The molecule has 1 amide bonds. The molecule has 0 saturated carbocycles. The van der Waals surface area contributed by atoms with Crippen molar-refractivity contribution in [2.45, 2.75) is 12.1 Å². The number of thioether (sulfide) groups is 1. The molecule has 1 N–H and O–H groups in total. The SMILES string of the molecule is Cc1cc(NC(=O)CSc2nnc3ccc(-c4cccnc4)nn23)no1. The summed E-state index contributed by atoms with van der Waals surface area (Å²) in [5.74, 6) is 0.939. The van der Waals surface area contributed by atoms with Crippen LogP contribution < -0.4 is 5.32 Å². The second kappa shape index (κ2) is 6.92. The summed E-state index contributed by atoms with van der Waals surface area (Å²) in [5, 5.41) is 19.6. The fourth-order valence-electron chi connectivity index (χ4n) is 2.26. The number of nitrogens with zero attached hydrogens (tertiary/aromatic N) is 6. The van der Waals surface area contributed by atoms with Gasteiger partial charge in [0.2, 0.25) is 11.1 Å². The Morgan fingerprint density at radius 3 is 3.00 bits per heavy atom. The Labute approximate surface area is 151 Å². The molecule has 4 rings (SSSR count). The second-order valence-corrected chi connectivity index (χ2v) is 6.32. The van der Waals surface area contributed by atoms with Gasteiger partial charge in [-0.3, -0.25) is 9.78 Å². The maximum Gasteiger partial charge on any atom is 0.236 e. The van der Waals surface area contributed by atoms with Gasteiger partial charge in [-0.2, -0.15) is 9.61 Å². The molecule has 0 spiro atoms. The number of pyridine rings is 1. The third kappa shape index (κ3) is 3.40. The Morgan fingerprint density at radius 1 is 1.31 bits per heavy atom. The molecular weight excluding hydrogens is 354 g/mol. The maximum absolute atomic E-state index is 12.0. The highest BCUT2D eigenvalue weighted by molar-refractivity contribution is 7.99. The van der Waals surface area contributed by atoms with E-state index in [1.165, 1.54) is 11.8 Å². The molecule has 0 unspecified atom stereocenters. The minimum absolute atomic E-state index is 0.144. The standard InChI is InChI=1S/C16H13N7O2S/c1-10-7-13(22-25-10)18-15(24)9-26-16-20-19-14-5-4-12(21-23(14)16)11-3-2-6-17-8-11/h2-8H,9H2,1H3,(H,18,22,24). The smallest absolute Gasteiger partial charge is 0.236 e. The molecule has 0 atom stereocenters. The van der Waals surface area contributed by atoms with Gasteiger partial charge in [-0.1, -0.05) is 16.9 Å². The summed E-state index contributed by atoms with van der Waals surface area (Å²) in [6.07, 6.45) is 3.44. The van der Waals surface area contributed by atoms with Crippen molar-refractivity contribution in [1.82, 2.24) is 30.0 Å². The van der Waals surface area contributed by atoms with Gasteiger partial charge in [0.05, 0.1) is 11.4 Å². The van der Waals surface area contributed by atoms with Crippen LogP contribution in [-0.4, -0.2) is 41.6 Å². The Hall–Kier alpha value is -3.27. The molecule has 0 saturated heterocycles. The van der Waals surface area contributed by atoms with Crippen molar-refractivity contribution in [3.8, 4) is 11.3 Å². The van der Waals surface area contributed by atoms with Gasteiger partial charge in [0.1, 0.15) is 5.76 Å². The van der Waals surface area contributed by atoms with Crippen LogP contribution in [0.3, 0.4) is 0 Å². The normalized spacial score (nSPS) is 11.0. The van der Waals surface area contributed by atoms with Crippen molar-refractivity contribution < 1.29 is 9.32 Å². The zero-order valence-electron chi connectivity index (χ0n) is 13.7. The molecule has 0 aliphatic carbocycles. The zero-order chi connectivity index (χ0) is 17.9. The van der Waals surface area contributed by atoms with E-state index >= 15 is 0 Å². The van der Waals surface area contributed by atoms with E-state index in [0.717, 1.165) is 11.3 Å². The molecule has 4 aromatic rings. The molecule has 10 heteroatoms. The summed E-state index contributed by atoms with van der Waals surface area (Å²) in [5.41, 5.74) is 2.24. The van der Waals surface area contributed by atoms with Gasteiger partial charge in [-0.15, -0.1) is 10.2 Å². The number of carbonyl (C=O) groups is 1. The summed E-state index contributed by atoms with van der Waals surface area (Å²) < 4.78 is 6.53. The number of rotatable bonds is 5.